The van der Waals surface area contributed by atoms with Gasteiger partial charge in [-0.1, -0.05) is 13.8 Å². The minimum atomic E-state index is 0.0505. The van der Waals surface area contributed by atoms with Crippen LogP contribution in [0.2, 0.25) is 0 Å². The summed E-state index contributed by atoms with van der Waals surface area (Å²) >= 11 is 0. The molecule has 0 spiro atoms. The first-order valence-electron chi connectivity index (χ1n) is 8.35. The number of hydrogen-bond acceptors (Lipinski definition) is 3. The summed E-state index contributed by atoms with van der Waals surface area (Å²) in [6, 6.07) is 0. The second kappa shape index (κ2) is 6.56. The molecule has 6 nitrogen and oxygen atoms in total. The van der Waals surface area contributed by atoms with E-state index in [1.165, 1.54) is 0 Å². The number of hydrogen-bond donors (Lipinski definition) is 2. The molecule has 6 heteroatoms. The topological polar surface area (TPSA) is 75.6 Å². The lowest BCUT2D eigenvalue weighted by Gasteiger charge is -2.20. The Labute approximate surface area is 136 Å². The van der Waals surface area contributed by atoms with E-state index in [0.717, 1.165) is 48.6 Å². The van der Waals surface area contributed by atoms with Crippen LogP contribution in [0.5, 0.6) is 0 Å². The average Bonchev–Trinajstić information content (AvgIpc) is 3.12. The highest BCUT2D eigenvalue weighted by atomic mass is 16.1. The van der Waals surface area contributed by atoms with Crippen LogP contribution < -0.4 is 5.32 Å². The number of carbonyl (C=O) groups excluding carboxylic acids is 1. The second-order valence-corrected chi connectivity index (χ2v) is 6.68. The lowest BCUT2D eigenvalue weighted by atomic mass is 9.89. The summed E-state index contributed by atoms with van der Waals surface area (Å²) in [7, 11) is 1.97. The van der Waals surface area contributed by atoms with E-state index >= 15 is 0 Å². The maximum atomic E-state index is 12.4. The van der Waals surface area contributed by atoms with Gasteiger partial charge in [0.25, 0.3) is 0 Å². The molecule has 1 unspecified atom stereocenters. The first-order chi connectivity index (χ1) is 11.0. The Morgan fingerprint density at radius 3 is 3.04 bits per heavy atom. The molecular weight excluding hydrogens is 290 g/mol. The summed E-state index contributed by atoms with van der Waals surface area (Å²) in [4.78, 5) is 24.5. The molecule has 2 heterocycles. The highest BCUT2D eigenvalue weighted by molar-refractivity contribution is 5.79. The van der Waals surface area contributed by atoms with Crippen molar-refractivity contribution >= 4 is 5.91 Å². The number of nitrogens with zero attached hydrogens (tertiary/aromatic N) is 3. The lowest BCUT2D eigenvalue weighted by molar-refractivity contribution is -0.125. The van der Waals surface area contributed by atoms with Gasteiger partial charge < -0.3 is 14.9 Å². The number of aromatic nitrogens is 4. The van der Waals surface area contributed by atoms with Crippen molar-refractivity contribution in [2.75, 3.05) is 6.54 Å². The van der Waals surface area contributed by atoms with Crippen LogP contribution >= 0.6 is 0 Å². The van der Waals surface area contributed by atoms with Gasteiger partial charge >= 0.3 is 0 Å². The fraction of sp³-hybridized carbons (Fsp3) is 0.588. The first kappa shape index (κ1) is 15.8. The number of aromatic amines is 1. The standard InChI is InChI=1S/C17H25N5O/c1-11(2)16-20-14-5-4-12(8-15(14)21-16)17(23)19-7-6-13-9-18-10-22(13)3/h9-12H,4-8H2,1-3H3,(H,19,23)(H,20,21). The Kier molecular flexibility index (Phi) is 4.50. The molecular formula is C17H25N5O. The van der Waals surface area contributed by atoms with Crippen molar-refractivity contribution in [3.63, 3.8) is 0 Å². The van der Waals surface area contributed by atoms with Crippen molar-refractivity contribution in [2.24, 2.45) is 13.0 Å². The zero-order valence-electron chi connectivity index (χ0n) is 14.1. The smallest absolute Gasteiger partial charge is 0.223 e. The van der Waals surface area contributed by atoms with E-state index in [-0.39, 0.29) is 11.8 Å². The number of H-pyrrole nitrogens is 1. The quantitative estimate of drug-likeness (QED) is 0.882. The molecule has 1 amide bonds. The highest BCUT2D eigenvalue weighted by Crippen LogP contribution is 2.25. The zero-order valence-corrected chi connectivity index (χ0v) is 14.1. The molecule has 0 saturated heterocycles. The number of amides is 1. The van der Waals surface area contributed by atoms with E-state index < -0.39 is 0 Å². The molecule has 1 aliphatic carbocycles. The normalized spacial score (nSPS) is 17.3. The van der Waals surface area contributed by atoms with Gasteiger partial charge in [-0.25, -0.2) is 9.97 Å². The van der Waals surface area contributed by atoms with Gasteiger partial charge in [0.2, 0.25) is 5.91 Å². The van der Waals surface area contributed by atoms with E-state index in [4.69, 9.17) is 0 Å². The molecule has 0 radical (unpaired) electrons. The van der Waals surface area contributed by atoms with Crippen LogP contribution in [0.15, 0.2) is 12.5 Å². The maximum absolute atomic E-state index is 12.4. The summed E-state index contributed by atoms with van der Waals surface area (Å²) in [5, 5.41) is 3.06. The highest BCUT2D eigenvalue weighted by Gasteiger charge is 2.27. The molecule has 2 aromatic heterocycles. The SMILES string of the molecule is CC(C)c1nc2c([nH]1)CC(C(=O)NCCc1cncn1C)CC2. The molecule has 2 N–H and O–H groups in total. The second-order valence-electron chi connectivity index (χ2n) is 6.68. The van der Waals surface area contributed by atoms with Gasteiger partial charge in [-0.15, -0.1) is 0 Å². The minimum Gasteiger partial charge on any atom is -0.355 e. The average molecular weight is 315 g/mol. The molecule has 124 valence electrons. The number of imidazole rings is 2. The van der Waals surface area contributed by atoms with Crippen LogP contribution in [-0.4, -0.2) is 32.0 Å². The minimum absolute atomic E-state index is 0.0505. The third kappa shape index (κ3) is 3.46. The predicted molar refractivity (Wildman–Crippen MR) is 88.1 cm³/mol. The van der Waals surface area contributed by atoms with E-state index in [0.29, 0.717) is 12.5 Å². The summed E-state index contributed by atoms with van der Waals surface area (Å²) in [5.74, 6) is 1.63. The Balaban J connectivity index is 1.53. The molecule has 1 aliphatic rings. The predicted octanol–water partition coefficient (Wildman–Crippen LogP) is 1.73. The Morgan fingerprint density at radius 2 is 2.35 bits per heavy atom. The largest absolute Gasteiger partial charge is 0.355 e. The summed E-state index contributed by atoms with van der Waals surface area (Å²) in [5.41, 5.74) is 3.42. The molecule has 1 atom stereocenters. The number of carbonyl (C=O) groups is 1. The van der Waals surface area contributed by atoms with Crippen molar-refractivity contribution in [1.82, 2.24) is 24.8 Å². The lowest BCUT2D eigenvalue weighted by Crippen LogP contribution is -2.35. The molecule has 0 aliphatic heterocycles. The molecule has 0 saturated carbocycles. The number of aryl methyl sites for hydroxylation is 2. The van der Waals surface area contributed by atoms with Gasteiger partial charge in [-0.2, -0.15) is 0 Å². The fourth-order valence-corrected chi connectivity index (χ4v) is 3.08. The van der Waals surface area contributed by atoms with Crippen molar-refractivity contribution in [2.45, 2.75) is 45.4 Å². The van der Waals surface area contributed by atoms with E-state index in [9.17, 15) is 4.79 Å². The molecule has 0 aromatic carbocycles. The molecule has 3 rings (SSSR count). The van der Waals surface area contributed by atoms with Crippen LogP contribution in [0.25, 0.3) is 0 Å². The molecule has 0 fully saturated rings. The van der Waals surface area contributed by atoms with Gasteiger partial charge in [-0.05, 0) is 12.8 Å². The van der Waals surface area contributed by atoms with Crippen LogP contribution in [0.3, 0.4) is 0 Å². The van der Waals surface area contributed by atoms with Crippen LogP contribution in [0.4, 0.5) is 0 Å². The first-order valence-corrected chi connectivity index (χ1v) is 8.35. The number of fused-ring (bicyclic) bond motifs is 1. The van der Waals surface area contributed by atoms with Gasteiger partial charge in [0.15, 0.2) is 0 Å². The monoisotopic (exact) mass is 315 g/mol. The molecule has 23 heavy (non-hydrogen) atoms. The number of nitrogens with one attached hydrogen (secondary N) is 2. The third-order valence-corrected chi connectivity index (χ3v) is 4.58. The van der Waals surface area contributed by atoms with Crippen molar-refractivity contribution in [3.8, 4) is 0 Å². The Hall–Kier alpha value is -2.11. The Morgan fingerprint density at radius 1 is 1.52 bits per heavy atom. The zero-order chi connectivity index (χ0) is 16.4. The van der Waals surface area contributed by atoms with Crippen molar-refractivity contribution < 1.29 is 4.79 Å². The summed E-state index contributed by atoms with van der Waals surface area (Å²) < 4.78 is 1.98. The van der Waals surface area contributed by atoms with Gasteiger partial charge in [-0.3, -0.25) is 4.79 Å². The molecule has 0 bridgehead atoms. The summed E-state index contributed by atoms with van der Waals surface area (Å²) in [6.45, 7) is 4.92. The summed E-state index contributed by atoms with van der Waals surface area (Å²) in [6.07, 6.45) is 6.97. The van der Waals surface area contributed by atoms with Crippen LogP contribution in [0.1, 0.15) is 49.1 Å². The Bertz CT molecular complexity index is 685. The van der Waals surface area contributed by atoms with E-state index in [1.54, 1.807) is 6.33 Å². The fourth-order valence-electron chi connectivity index (χ4n) is 3.08. The van der Waals surface area contributed by atoms with Gasteiger partial charge in [0.05, 0.1) is 12.0 Å². The number of rotatable bonds is 5. The van der Waals surface area contributed by atoms with Crippen LogP contribution in [-0.2, 0) is 31.1 Å². The van der Waals surface area contributed by atoms with Crippen molar-refractivity contribution in [1.29, 1.82) is 0 Å². The van der Waals surface area contributed by atoms with Gasteiger partial charge in [0, 0.05) is 55.9 Å². The van der Waals surface area contributed by atoms with Gasteiger partial charge in [0.1, 0.15) is 5.82 Å². The third-order valence-electron chi connectivity index (χ3n) is 4.58. The molecule has 2 aromatic rings. The van der Waals surface area contributed by atoms with Crippen LogP contribution in [0, 0.1) is 5.92 Å². The van der Waals surface area contributed by atoms with Crippen molar-refractivity contribution in [3.05, 3.63) is 35.4 Å². The van der Waals surface area contributed by atoms with E-state index in [2.05, 4.69) is 34.1 Å². The maximum Gasteiger partial charge on any atom is 0.223 e. The van der Waals surface area contributed by atoms with E-state index in [1.807, 2.05) is 17.8 Å².